The molecule has 2 N–H and O–H groups in total. The Labute approximate surface area is 125 Å². The van der Waals surface area contributed by atoms with E-state index >= 15 is 0 Å². The van der Waals surface area contributed by atoms with Crippen molar-refractivity contribution in [2.45, 2.75) is 19.4 Å². The average Bonchev–Trinajstić information content (AvgIpc) is 2.46. The van der Waals surface area contributed by atoms with E-state index in [9.17, 15) is 0 Å². The lowest BCUT2D eigenvalue weighted by molar-refractivity contribution is 0.747. The molecule has 0 saturated heterocycles. The molecule has 1 atom stereocenters. The van der Waals surface area contributed by atoms with E-state index < -0.39 is 0 Å². The van der Waals surface area contributed by atoms with Crippen LogP contribution in [0.25, 0.3) is 10.9 Å². The third-order valence-corrected chi connectivity index (χ3v) is 4.41. The maximum Gasteiger partial charge on any atom is 0.132 e. The molecule has 0 radical (unpaired) electrons. The standard InChI is InChI=1S/C16H23N3S/c1-12(11-20-3)19(2)16-14(8-9-17)10-13-6-4-5-7-15(13)18-16/h4-7,10,12H,8-9,11,17H2,1-3H3. The number of hydrogen-bond acceptors (Lipinski definition) is 4. The Kier molecular flexibility index (Phi) is 5.26. The highest BCUT2D eigenvalue weighted by atomic mass is 32.2. The molecule has 0 aliphatic carbocycles. The second-order valence-electron chi connectivity index (χ2n) is 5.12. The quantitative estimate of drug-likeness (QED) is 0.888. The second kappa shape index (κ2) is 6.95. The number of rotatable bonds is 6. The van der Waals surface area contributed by atoms with Crippen LogP contribution >= 0.6 is 11.8 Å². The molecule has 1 aromatic carbocycles. The van der Waals surface area contributed by atoms with Gasteiger partial charge in [-0.3, -0.25) is 0 Å². The predicted molar refractivity (Wildman–Crippen MR) is 90.7 cm³/mol. The summed E-state index contributed by atoms with van der Waals surface area (Å²) in [4.78, 5) is 7.13. The van der Waals surface area contributed by atoms with E-state index in [1.54, 1.807) is 0 Å². The van der Waals surface area contributed by atoms with Gasteiger partial charge in [-0.2, -0.15) is 11.8 Å². The largest absolute Gasteiger partial charge is 0.356 e. The maximum atomic E-state index is 5.76. The van der Waals surface area contributed by atoms with Crippen LogP contribution in [-0.4, -0.2) is 36.6 Å². The van der Waals surface area contributed by atoms with E-state index in [-0.39, 0.29) is 0 Å². The lowest BCUT2D eigenvalue weighted by atomic mass is 10.1. The van der Waals surface area contributed by atoms with Crippen LogP contribution in [0.4, 0.5) is 5.82 Å². The molecule has 20 heavy (non-hydrogen) atoms. The van der Waals surface area contributed by atoms with Crippen molar-refractivity contribution < 1.29 is 0 Å². The number of nitrogens with two attached hydrogens (primary N) is 1. The fourth-order valence-electron chi connectivity index (χ4n) is 2.36. The van der Waals surface area contributed by atoms with Gasteiger partial charge in [-0.05, 0) is 43.8 Å². The zero-order chi connectivity index (χ0) is 14.5. The summed E-state index contributed by atoms with van der Waals surface area (Å²) in [7, 11) is 2.12. The van der Waals surface area contributed by atoms with E-state index in [0.717, 1.165) is 23.5 Å². The first-order valence-corrected chi connectivity index (χ1v) is 8.37. The topological polar surface area (TPSA) is 42.2 Å². The molecule has 1 unspecified atom stereocenters. The zero-order valence-corrected chi connectivity index (χ0v) is 13.3. The Morgan fingerprint density at radius 2 is 2.10 bits per heavy atom. The summed E-state index contributed by atoms with van der Waals surface area (Å²) in [6, 6.07) is 10.9. The number of anilines is 1. The van der Waals surface area contributed by atoms with Crippen molar-refractivity contribution in [3.63, 3.8) is 0 Å². The van der Waals surface area contributed by atoms with Crippen molar-refractivity contribution in [1.29, 1.82) is 0 Å². The monoisotopic (exact) mass is 289 g/mol. The SMILES string of the molecule is CSCC(C)N(C)c1nc2ccccc2cc1CCN. The third-order valence-electron chi connectivity index (χ3n) is 3.60. The second-order valence-corrected chi connectivity index (χ2v) is 6.03. The molecule has 0 spiro atoms. The van der Waals surface area contributed by atoms with Crippen molar-refractivity contribution in [3.8, 4) is 0 Å². The van der Waals surface area contributed by atoms with Gasteiger partial charge in [0.05, 0.1) is 5.52 Å². The normalized spacial score (nSPS) is 12.6. The van der Waals surface area contributed by atoms with Crippen LogP contribution in [0.1, 0.15) is 12.5 Å². The summed E-state index contributed by atoms with van der Waals surface area (Å²) in [6.45, 7) is 2.89. The number of thioether (sulfide) groups is 1. The lowest BCUT2D eigenvalue weighted by Crippen LogP contribution is -2.32. The number of pyridine rings is 1. The number of aromatic nitrogens is 1. The highest BCUT2D eigenvalue weighted by Crippen LogP contribution is 2.25. The number of benzene rings is 1. The molecule has 0 aliphatic heterocycles. The fraction of sp³-hybridized carbons (Fsp3) is 0.438. The molecule has 1 heterocycles. The summed E-state index contributed by atoms with van der Waals surface area (Å²) < 4.78 is 0. The van der Waals surface area contributed by atoms with Gasteiger partial charge in [0.25, 0.3) is 0 Å². The minimum Gasteiger partial charge on any atom is -0.356 e. The summed E-state index contributed by atoms with van der Waals surface area (Å²) in [5, 5.41) is 1.19. The molecule has 4 heteroatoms. The van der Waals surface area contributed by atoms with Crippen LogP contribution in [0, 0.1) is 0 Å². The molecule has 0 saturated carbocycles. The smallest absolute Gasteiger partial charge is 0.132 e. The van der Waals surface area contributed by atoms with E-state index in [4.69, 9.17) is 10.7 Å². The number of hydrogen-bond donors (Lipinski definition) is 1. The van der Waals surface area contributed by atoms with Crippen molar-refractivity contribution in [3.05, 3.63) is 35.9 Å². The van der Waals surface area contributed by atoms with Gasteiger partial charge in [0.2, 0.25) is 0 Å². The molecular weight excluding hydrogens is 266 g/mol. The van der Waals surface area contributed by atoms with Crippen LogP contribution in [0.15, 0.2) is 30.3 Å². The maximum absolute atomic E-state index is 5.76. The molecule has 2 aromatic rings. The first-order valence-electron chi connectivity index (χ1n) is 6.98. The van der Waals surface area contributed by atoms with Crippen LogP contribution in [-0.2, 0) is 6.42 Å². The molecule has 2 rings (SSSR count). The first kappa shape index (κ1) is 15.1. The molecule has 1 aromatic heterocycles. The van der Waals surface area contributed by atoms with Gasteiger partial charge in [0.15, 0.2) is 0 Å². The van der Waals surface area contributed by atoms with Crippen LogP contribution < -0.4 is 10.6 Å². The molecule has 108 valence electrons. The Balaban J connectivity index is 2.45. The summed E-state index contributed by atoms with van der Waals surface area (Å²) in [5.41, 5.74) is 8.04. The Bertz CT molecular complexity index is 571. The summed E-state index contributed by atoms with van der Waals surface area (Å²) >= 11 is 1.86. The first-order chi connectivity index (χ1) is 9.67. The van der Waals surface area contributed by atoms with E-state index in [1.807, 2.05) is 17.8 Å². The Hall–Kier alpha value is -1.26. The summed E-state index contributed by atoms with van der Waals surface area (Å²) in [5.74, 6) is 2.16. The van der Waals surface area contributed by atoms with Crippen molar-refractivity contribution >= 4 is 28.5 Å². The molecule has 0 aliphatic rings. The van der Waals surface area contributed by atoms with Gasteiger partial charge >= 0.3 is 0 Å². The van der Waals surface area contributed by atoms with Gasteiger partial charge < -0.3 is 10.6 Å². The summed E-state index contributed by atoms with van der Waals surface area (Å²) in [6.07, 6.45) is 3.00. The number of para-hydroxylation sites is 1. The van der Waals surface area contributed by atoms with Gasteiger partial charge in [-0.15, -0.1) is 0 Å². The third kappa shape index (κ3) is 3.25. The molecule has 0 bridgehead atoms. The van der Waals surface area contributed by atoms with E-state index in [1.165, 1.54) is 10.9 Å². The van der Waals surface area contributed by atoms with Gasteiger partial charge in [-0.25, -0.2) is 4.98 Å². The van der Waals surface area contributed by atoms with Gasteiger partial charge in [0, 0.05) is 24.2 Å². The molecule has 0 amide bonds. The van der Waals surface area contributed by atoms with Gasteiger partial charge in [0.1, 0.15) is 5.82 Å². The molecular formula is C16H23N3S. The van der Waals surface area contributed by atoms with Gasteiger partial charge in [-0.1, -0.05) is 18.2 Å². The van der Waals surface area contributed by atoms with Crippen molar-refractivity contribution in [2.24, 2.45) is 5.73 Å². The predicted octanol–water partition coefficient (Wildman–Crippen LogP) is 2.92. The Morgan fingerprint density at radius 1 is 1.35 bits per heavy atom. The molecule has 3 nitrogen and oxygen atoms in total. The minimum absolute atomic E-state index is 0.454. The van der Waals surface area contributed by atoms with Crippen LogP contribution in [0.5, 0.6) is 0 Å². The fourth-order valence-corrected chi connectivity index (χ4v) is 3.06. The average molecular weight is 289 g/mol. The van der Waals surface area contributed by atoms with Crippen LogP contribution in [0.3, 0.4) is 0 Å². The number of fused-ring (bicyclic) bond motifs is 1. The van der Waals surface area contributed by atoms with E-state index in [2.05, 4.69) is 49.4 Å². The van der Waals surface area contributed by atoms with Crippen molar-refractivity contribution in [2.75, 3.05) is 30.5 Å². The number of nitrogens with zero attached hydrogens (tertiary/aromatic N) is 2. The van der Waals surface area contributed by atoms with Crippen molar-refractivity contribution in [1.82, 2.24) is 4.98 Å². The Morgan fingerprint density at radius 3 is 2.80 bits per heavy atom. The van der Waals surface area contributed by atoms with Crippen LogP contribution in [0.2, 0.25) is 0 Å². The zero-order valence-electron chi connectivity index (χ0n) is 12.5. The molecule has 0 fully saturated rings. The van der Waals surface area contributed by atoms with E-state index in [0.29, 0.717) is 12.6 Å². The highest BCUT2D eigenvalue weighted by Gasteiger charge is 2.15. The lowest BCUT2D eigenvalue weighted by Gasteiger charge is -2.27. The highest BCUT2D eigenvalue weighted by molar-refractivity contribution is 7.98. The minimum atomic E-state index is 0.454.